The minimum atomic E-state index is -3.71. The molecule has 28 heavy (non-hydrogen) atoms. The molecule has 0 saturated heterocycles. The van der Waals surface area contributed by atoms with Crippen molar-refractivity contribution < 1.29 is 17.9 Å². The lowest BCUT2D eigenvalue weighted by atomic mass is 10.2. The Morgan fingerprint density at radius 3 is 2.25 bits per heavy atom. The van der Waals surface area contributed by atoms with Crippen molar-refractivity contribution in [2.75, 3.05) is 17.9 Å². The first kappa shape index (κ1) is 19.4. The number of nitrogens with one attached hydrogen (secondary N) is 2. The standard InChI is InChI=1S/C21H20N2O4S/c24-21(22-14-15-27-19-10-3-1-4-11-19)17-8-7-9-18(16-17)23-28(25,26)20-12-5-2-6-13-20/h1-13,16,23H,14-15H2,(H,22,24). The minimum Gasteiger partial charge on any atom is -0.492 e. The topological polar surface area (TPSA) is 84.5 Å². The van der Waals surface area contributed by atoms with Gasteiger partial charge in [0.05, 0.1) is 11.4 Å². The van der Waals surface area contributed by atoms with Crippen molar-refractivity contribution in [1.29, 1.82) is 0 Å². The summed E-state index contributed by atoms with van der Waals surface area (Å²) < 4.78 is 32.8. The second-order valence-corrected chi connectivity index (χ2v) is 7.60. The Hall–Kier alpha value is -3.32. The number of benzene rings is 3. The molecule has 0 aliphatic heterocycles. The van der Waals surface area contributed by atoms with Gasteiger partial charge in [-0.3, -0.25) is 9.52 Å². The van der Waals surface area contributed by atoms with Crippen molar-refractivity contribution in [3.63, 3.8) is 0 Å². The largest absolute Gasteiger partial charge is 0.492 e. The van der Waals surface area contributed by atoms with Gasteiger partial charge in [0.1, 0.15) is 12.4 Å². The van der Waals surface area contributed by atoms with Crippen molar-refractivity contribution in [2.24, 2.45) is 0 Å². The van der Waals surface area contributed by atoms with Gasteiger partial charge in [0.2, 0.25) is 0 Å². The molecular formula is C21H20N2O4S. The van der Waals surface area contributed by atoms with Gasteiger partial charge >= 0.3 is 0 Å². The van der Waals surface area contributed by atoms with Crippen LogP contribution in [0.1, 0.15) is 10.4 Å². The molecule has 0 atom stereocenters. The van der Waals surface area contributed by atoms with E-state index >= 15 is 0 Å². The summed E-state index contributed by atoms with van der Waals surface area (Å²) in [4.78, 5) is 12.5. The zero-order valence-corrected chi connectivity index (χ0v) is 15.9. The summed E-state index contributed by atoms with van der Waals surface area (Å²) in [5, 5.41) is 2.75. The smallest absolute Gasteiger partial charge is 0.261 e. The van der Waals surface area contributed by atoms with Crippen LogP contribution >= 0.6 is 0 Å². The number of carbonyl (C=O) groups excluding carboxylic acids is 1. The molecule has 0 heterocycles. The molecule has 0 unspecified atom stereocenters. The maximum atomic E-state index is 12.4. The fraction of sp³-hybridized carbons (Fsp3) is 0.0952. The third-order valence-electron chi connectivity index (χ3n) is 3.83. The highest BCUT2D eigenvalue weighted by atomic mass is 32.2. The molecule has 1 amide bonds. The van der Waals surface area contributed by atoms with E-state index in [0.29, 0.717) is 24.4 Å². The van der Waals surface area contributed by atoms with E-state index in [2.05, 4.69) is 10.0 Å². The lowest BCUT2D eigenvalue weighted by Crippen LogP contribution is -2.28. The molecule has 0 spiro atoms. The highest BCUT2D eigenvalue weighted by molar-refractivity contribution is 7.92. The monoisotopic (exact) mass is 396 g/mol. The predicted molar refractivity (Wildman–Crippen MR) is 108 cm³/mol. The van der Waals surface area contributed by atoms with E-state index < -0.39 is 10.0 Å². The van der Waals surface area contributed by atoms with Gasteiger partial charge in [-0.15, -0.1) is 0 Å². The molecule has 3 aromatic rings. The Balaban J connectivity index is 1.57. The molecule has 0 fully saturated rings. The van der Waals surface area contributed by atoms with Crippen LogP contribution in [0, 0.1) is 0 Å². The number of hydrogen-bond donors (Lipinski definition) is 2. The third kappa shape index (κ3) is 5.34. The molecule has 0 bridgehead atoms. The Morgan fingerprint density at radius 1 is 0.857 bits per heavy atom. The number of rotatable bonds is 8. The first-order valence-electron chi connectivity index (χ1n) is 8.68. The summed E-state index contributed by atoms with van der Waals surface area (Å²) in [7, 11) is -3.71. The molecule has 6 nitrogen and oxygen atoms in total. The van der Waals surface area contributed by atoms with Crippen LogP contribution in [-0.2, 0) is 10.0 Å². The summed E-state index contributed by atoms with van der Waals surface area (Å²) >= 11 is 0. The zero-order chi connectivity index (χ0) is 19.8. The van der Waals surface area contributed by atoms with Gasteiger partial charge in [0.25, 0.3) is 15.9 Å². The Kier molecular flexibility index (Phi) is 6.29. The van der Waals surface area contributed by atoms with Gasteiger partial charge in [-0.25, -0.2) is 8.42 Å². The van der Waals surface area contributed by atoms with E-state index in [0.717, 1.165) is 5.75 Å². The van der Waals surface area contributed by atoms with Crippen molar-refractivity contribution in [1.82, 2.24) is 5.32 Å². The van der Waals surface area contributed by atoms with Gasteiger partial charge in [0.15, 0.2) is 0 Å². The van der Waals surface area contributed by atoms with Gasteiger partial charge in [0, 0.05) is 11.3 Å². The number of hydrogen-bond acceptors (Lipinski definition) is 4. The maximum Gasteiger partial charge on any atom is 0.261 e. The van der Waals surface area contributed by atoms with E-state index in [4.69, 9.17) is 4.74 Å². The Labute approximate surface area is 164 Å². The van der Waals surface area contributed by atoms with Crippen molar-refractivity contribution >= 4 is 21.6 Å². The number of anilines is 1. The first-order valence-corrected chi connectivity index (χ1v) is 10.2. The SMILES string of the molecule is O=C(NCCOc1ccccc1)c1cccc(NS(=O)(=O)c2ccccc2)c1. The molecule has 3 rings (SSSR count). The van der Waals surface area contributed by atoms with Gasteiger partial charge in [-0.2, -0.15) is 0 Å². The lowest BCUT2D eigenvalue weighted by molar-refractivity contribution is 0.0947. The van der Waals surface area contributed by atoms with E-state index in [1.54, 1.807) is 36.4 Å². The number of amides is 1. The Bertz CT molecular complexity index is 1020. The van der Waals surface area contributed by atoms with Crippen LogP contribution in [0.3, 0.4) is 0 Å². The van der Waals surface area contributed by atoms with E-state index in [-0.39, 0.29) is 10.8 Å². The van der Waals surface area contributed by atoms with Crippen molar-refractivity contribution in [3.05, 3.63) is 90.5 Å². The Morgan fingerprint density at radius 2 is 1.54 bits per heavy atom. The fourth-order valence-electron chi connectivity index (χ4n) is 2.49. The number of para-hydroxylation sites is 1. The van der Waals surface area contributed by atoms with E-state index in [1.807, 2.05) is 30.3 Å². The summed E-state index contributed by atoms with van der Waals surface area (Å²) in [6, 6.07) is 23.7. The van der Waals surface area contributed by atoms with Crippen LogP contribution in [0.15, 0.2) is 89.8 Å². The third-order valence-corrected chi connectivity index (χ3v) is 5.23. The number of carbonyl (C=O) groups is 1. The predicted octanol–water partition coefficient (Wildman–Crippen LogP) is 3.30. The average Bonchev–Trinajstić information content (AvgIpc) is 2.72. The number of sulfonamides is 1. The van der Waals surface area contributed by atoms with Crippen LogP contribution < -0.4 is 14.8 Å². The highest BCUT2D eigenvalue weighted by Gasteiger charge is 2.14. The number of ether oxygens (including phenoxy) is 1. The van der Waals surface area contributed by atoms with Crippen molar-refractivity contribution in [3.8, 4) is 5.75 Å². The molecule has 3 aromatic carbocycles. The normalized spacial score (nSPS) is 10.9. The molecule has 144 valence electrons. The molecule has 0 aliphatic carbocycles. The van der Waals surface area contributed by atoms with Crippen LogP contribution in [0.25, 0.3) is 0 Å². The second-order valence-electron chi connectivity index (χ2n) is 5.92. The molecule has 2 N–H and O–H groups in total. The lowest BCUT2D eigenvalue weighted by Gasteiger charge is -2.10. The second kappa shape index (κ2) is 9.05. The summed E-state index contributed by atoms with van der Waals surface area (Å²) in [6.45, 7) is 0.657. The van der Waals surface area contributed by atoms with Crippen molar-refractivity contribution in [2.45, 2.75) is 4.90 Å². The van der Waals surface area contributed by atoms with Crippen LogP contribution in [0.2, 0.25) is 0 Å². The summed E-state index contributed by atoms with van der Waals surface area (Å²) in [5.74, 6) is 0.423. The molecule has 0 radical (unpaired) electrons. The van der Waals surface area contributed by atoms with E-state index in [1.165, 1.54) is 18.2 Å². The quantitative estimate of drug-likeness (QED) is 0.572. The minimum absolute atomic E-state index is 0.155. The van der Waals surface area contributed by atoms with Crippen LogP contribution in [-0.4, -0.2) is 27.5 Å². The summed E-state index contributed by atoms with van der Waals surface area (Å²) in [5.41, 5.74) is 0.671. The molecule has 0 aromatic heterocycles. The maximum absolute atomic E-state index is 12.4. The van der Waals surface area contributed by atoms with Gasteiger partial charge < -0.3 is 10.1 Å². The van der Waals surface area contributed by atoms with E-state index in [9.17, 15) is 13.2 Å². The van der Waals surface area contributed by atoms with Crippen LogP contribution in [0.4, 0.5) is 5.69 Å². The first-order chi connectivity index (χ1) is 13.5. The highest BCUT2D eigenvalue weighted by Crippen LogP contribution is 2.17. The van der Waals surface area contributed by atoms with Crippen LogP contribution in [0.5, 0.6) is 5.75 Å². The van der Waals surface area contributed by atoms with Gasteiger partial charge in [-0.1, -0.05) is 42.5 Å². The molecule has 0 aliphatic rings. The van der Waals surface area contributed by atoms with Gasteiger partial charge in [-0.05, 0) is 42.5 Å². The molecular weight excluding hydrogens is 376 g/mol. The molecule has 0 saturated carbocycles. The zero-order valence-electron chi connectivity index (χ0n) is 15.0. The summed E-state index contributed by atoms with van der Waals surface area (Å²) in [6.07, 6.45) is 0. The average molecular weight is 396 g/mol. The molecule has 7 heteroatoms. The fourth-order valence-corrected chi connectivity index (χ4v) is 3.56.